The number of esters is 2. The van der Waals surface area contributed by atoms with E-state index in [1.165, 1.54) is 19.2 Å². The van der Waals surface area contributed by atoms with Gasteiger partial charge >= 0.3 is 11.9 Å². The van der Waals surface area contributed by atoms with E-state index in [9.17, 15) is 14.4 Å². The topological polar surface area (TPSA) is 122 Å². The van der Waals surface area contributed by atoms with Gasteiger partial charge in [-0.3, -0.25) is 9.80 Å². The summed E-state index contributed by atoms with van der Waals surface area (Å²) in [4.78, 5) is 37.9. The highest BCUT2D eigenvalue weighted by Gasteiger charge is 2.46. The van der Waals surface area contributed by atoms with Crippen LogP contribution in [0.2, 0.25) is 0 Å². The van der Waals surface area contributed by atoms with Gasteiger partial charge in [-0.1, -0.05) is 47.7 Å². The molecule has 0 N–H and O–H groups in total. The first-order chi connectivity index (χ1) is 17.0. The lowest BCUT2D eigenvalue weighted by atomic mass is 9.98. The van der Waals surface area contributed by atoms with E-state index >= 15 is 0 Å². The highest BCUT2D eigenvalue weighted by Crippen LogP contribution is 2.34. The third-order valence-corrected chi connectivity index (χ3v) is 5.87. The van der Waals surface area contributed by atoms with Crippen LogP contribution in [0.25, 0.3) is 0 Å². The summed E-state index contributed by atoms with van der Waals surface area (Å²) in [5.74, 6) is -1.23. The van der Waals surface area contributed by atoms with Crippen LogP contribution in [-0.2, 0) is 23.9 Å². The van der Waals surface area contributed by atoms with Crippen molar-refractivity contribution in [1.82, 2.24) is 10.0 Å². The number of rotatable bonds is 7. The molecule has 2 aliphatic rings. The van der Waals surface area contributed by atoms with Crippen LogP contribution in [0.1, 0.15) is 23.6 Å². The van der Waals surface area contributed by atoms with E-state index < -0.39 is 29.9 Å². The number of amides is 1. The number of carbonyl (C=O) groups excluding carboxylic acids is 3. The zero-order valence-corrected chi connectivity index (χ0v) is 19.5. The lowest BCUT2D eigenvalue weighted by molar-refractivity contribution is -0.154. The minimum Gasteiger partial charge on any atom is -0.497 e. The van der Waals surface area contributed by atoms with Gasteiger partial charge in [0.1, 0.15) is 12.3 Å². The van der Waals surface area contributed by atoms with Crippen molar-refractivity contribution in [3.63, 3.8) is 0 Å². The molecule has 0 aromatic heterocycles. The Morgan fingerprint density at radius 1 is 0.943 bits per heavy atom. The molecule has 0 saturated heterocycles. The maximum absolute atomic E-state index is 13.5. The summed E-state index contributed by atoms with van der Waals surface area (Å²) in [7, 11) is 3.95. The Morgan fingerprint density at radius 2 is 1.63 bits per heavy atom. The minimum absolute atomic E-state index is 0.338. The molecule has 0 aliphatic carbocycles. The van der Waals surface area contributed by atoms with E-state index in [0.29, 0.717) is 12.2 Å². The third-order valence-electron chi connectivity index (χ3n) is 5.87. The zero-order chi connectivity index (χ0) is 24.9. The molecule has 0 bridgehead atoms. The lowest BCUT2D eigenvalue weighted by Crippen LogP contribution is -2.49. The largest absolute Gasteiger partial charge is 0.497 e. The molecular weight excluding hydrogens is 454 g/mol. The van der Waals surface area contributed by atoms with Crippen molar-refractivity contribution in [1.29, 1.82) is 0 Å². The fourth-order valence-corrected chi connectivity index (χ4v) is 4.04. The number of ether oxygens (including phenoxy) is 3. The zero-order valence-electron chi connectivity index (χ0n) is 19.5. The van der Waals surface area contributed by atoms with E-state index in [2.05, 4.69) is 15.4 Å². The fourth-order valence-electron chi connectivity index (χ4n) is 4.04. The number of methoxy groups -OCH3 is 3. The van der Waals surface area contributed by atoms with Crippen LogP contribution in [0.5, 0.6) is 5.75 Å². The Hall–Kier alpha value is -4.28. The summed E-state index contributed by atoms with van der Waals surface area (Å²) >= 11 is 0. The second-order valence-electron chi connectivity index (χ2n) is 7.88. The second kappa shape index (κ2) is 10.3. The predicted octanol–water partition coefficient (Wildman–Crippen LogP) is 2.14. The van der Waals surface area contributed by atoms with Crippen LogP contribution >= 0.6 is 0 Å². The number of hydrogen-bond acceptors (Lipinski definition) is 10. The van der Waals surface area contributed by atoms with Crippen LogP contribution in [-0.4, -0.2) is 73.5 Å². The lowest BCUT2D eigenvalue weighted by Gasteiger charge is -2.26. The van der Waals surface area contributed by atoms with E-state index in [-0.39, 0.29) is 12.6 Å². The molecule has 2 aromatic rings. The van der Waals surface area contributed by atoms with Crippen LogP contribution in [0.4, 0.5) is 0 Å². The number of nitrogens with zero attached hydrogens (tertiary/aromatic N) is 5. The molecule has 0 radical (unpaired) electrons. The molecular formula is C24H25N5O6. The SMILES string of the molecule is COC(=O)C1N=NN(CC(=O)N2N=C(c3ccccc3)CC2c2ccc(OC)cc2)C1C(=O)OC. The predicted molar refractivity (Wildman–Crippen MR) is 123 cm³/mol. The molecule has 1 amide bonds. The van der Waals surface area contributed by atoms with Crippen LogP contribution in [0, 0.1) is 0 Å². The van der Waals surface area contributed by atoms with Crippen LogP contribution in [0.3, 0.4) is 0 Å². The number of benzene rings is 2. The van der Waals surface area contributed by atoms with Crippen molar-refractivity contribution in [2.45, 2.75) is 24.5 Å². The first-order valence-corrected chi connectivity index (χ1v) is 10.9. The van der Waals surface area contributed by atoms with Gasteiger partial charge in [-0.2, -0.15) is 10.2 Å². The quantitative estimate of drug-likeness (QED) is 0.558. The maximum atomic E-state index is 13.5. The van der Waals surface area contributed by atoms with Crippen LogP contribution in [0.15, 0.2) is 70.0 Å². The molecule has 35 heavy (non-hydrogen) atoms. The number of hydrogen-bond donors (Lipinski definition) is 0. The summed E-state index contributed by atoms with van der Waals surface area (Å²) in [5.41, 5.74) is 2.52. The number of hydrazone groups is 1. The molecule has 2 heterocycles. The van der Waals surface area contributed by atoms with Crippen molar-refractivity contribution in [3.8, 4) is 5.75 Å². The van der Waals surface area contributed by atoms with Gasteiger partial charge in [0.2, 0.25) is 6.04 Å². The summed E-state index contributed by atoms with van der Waals surface area (Å²) in [5, 5.41) is 14.9. The van der Waals surface area contributed by atoms with Gasteiger partial charge in [-0.05, 0) is 23.3 Å². The second-order valence-corrected chi connectivity index (χ2v) is 7.88. The Morgan fingerprint density at radius 3 is 2.26 bits per heavy atom. The van der Waals surface area contributed by atoms with E-state index in [4.69, 9.17) is 14.2 Å². The van der Waals surface area contributed by atoms with Gasteiger partial charge in [0.05, 0.1) is 33.1 Å². The van der Waals surface area contributed by atoms with Gasteiger partial charge in [-0.25, -0.2) is 14.6 Å². The van der Waals surface area contributed by atoms with Crippen LogP contribution < -0.4 is 4.74 Å². The molecule has 0 spiro atoms. The van der Waals surface area contributed by atoms with Gasteiger partial charge in [-0.15, -0.1) is 0 Å². The molecule has 0 fully saturated rings. The van der Waals surface area contributed by atoms with Crippen molar-refractivity contribution in [2.75, 3.05) is 27.9 Å². The summed E-state index contributed by atoms with van der Waals surface area (Å²) in [6.45, 7) is -0.338. The summed E-state index contributed by atoms with van der Waals surface area (Å²) in [6, 6.07) is 14.2. The van der Waals surface area contributed by atoms with Gasteiger partial charge in [0.15, 0.2) is 6.04 Å². The smallest absolute Gasteiger partial charge is 0.335 e. The van der Waals surface area contributed by atoms with Crippen molar-refractivity contribution in [2.24, 2.45) is 15.4 Å². The molecule has 2 aliphatic heterocycles. The Kier molecular flexibility index (Phi) is 7.04. The highest BCUT2D eigenvalue weighted by atomic mass is 16.5. The molecule has 182 valence electrons. The van der Waals surface area contributed by atoms with Crippen molar-refractivity contribution in [3.05, 3.63) is 65.7 Å². The van der Waals surface area contributed by atoms with E-state index in [0.717, 1.165) is 21.8 Å². The molecule has 2 aromatic carbocycles. The van der Waals surface area contributed by atoms with Crippen molar-refractivity contribution < 1.29 is 28.6 Å². The molecule has 4 rings (SSSR count). The molecule has 11 nitrogen and oxygen atoms in total. The van der Waals surface area contributed by atoms with E-state index in [1.54, 1.807) is 7.11 Å². The number of carbonyl (C=O) groups is 3. The van der Waals surface area contributed by atoms with E-state index in [1.807, 2.05) is 54.6 Å². The average molecular weight is 479 g/mol. The Bertz CT molecular complexity index is 1150. The average Bonchev–Trinajstić information content (AvgIpc) is 3.53. The van der Waals surface area contributed by atoms with Crippen molar-refractivity contribution >= 4 is 23.6 Å². The molecule has 3 unspecified atom stereocenters. The Labute approximate surface area is 201 Å². The third kappa shape index (κ3) is 4.84. The van der Waals surface area contributed by atoms with Gasteiger partial charge < -0.3 is 14.2 Å². The maximum Gasteiger partial charge on any atom is 0.335 e. The van der Waals surface area contributed by atoms with Gasteiger partial charge in [0, 0.05) is 6.42 Å². The summed E-state index contributed by atoms with van der Waals surface area (Å²) < 4.78 is 14.8. The fraction of sp³-hybridized carbons (Fsp3) is 0.333. The Balaban J connectivity index is 1.61. The van der Waals surface area contributed by atoms with Gasteiger partial charge in [0.25, 0.3) is 5.91 Å². The monoisotopic (exact) mass is 479 g/mol. The highest BCUT2D eigenvalue weighted by molar-refractivity contribution is 6.03. The molecule has 0 saturated carbocycles. The first-order valence-electron chi connectivity index (χ1n) is 10.9. The molecule has 11 heteroatoms. The minimum atomic E-state index is -1.22. The molecule has 3 atom stereocenters. The standard InChI is InChI=1S/C24H25N5O6/c1-33-17-11-9-16(10-12-17)19-13-18(15-7-5-4-6-8-15)26-29(19)20(30)14-28-22(24(32)35-3)21(25-27-28)23(31)34-2/h4-12,19,21-22H,13-14H2,1-3H3. The first kappa shape index (κ1) is 23.9. The normalized spacial score (nSPS) is 21.0. The summed E-state index contributed by atoms with van der Waals surface area (Å²) in [6.07, 6.45) is 0.495.